The molecule has 130 valence electrons. The van der Waals surface area contributed by atoms with E-state index in [1.807, 2.05) is 25.1 Å². The lowest BCUT2D eigenvalue weighted by molar-refractivity contribution is -0.132. The van der Waals surface area contributed by atoms with Gasteiger partial charge in [-0.3, -0.25) is 14.8 Å². The first-order chi connectivity index (χ1) is 12.7. The highest BCUT2D eigenvalue weighted by atomic mass is 16.2. The number of benzene rings is 2. The van der Waals surface area contributed by atoms with E-state index in [9.17, 15) is 4.79 Å². The monoisotopic (exact) mass is 344 g/mol. The van der Waals surface area contributed by atoms with E-state index in [4.69, 9.17) is 0 Å². The smallest absolute Gasteiger partial charge is 0.242 e. The van der Waals surface area contributed by atoms with Crippen LogP contribution >= 0.6 is 0 Å². The molecule has 0 spiro atoms. The first kappa shape index (κ1) is 16.4. The van der Waals surface area contributed by atoms with Crippen LogP contribution in [0.25, 0.3) is 11.0 Å². The van der Waals surface area contributed by atoms with Gasteiger partial charge in [-0.2, -0.15) is 5.10 Å². The molecular formula is C21H20N4O. The zero-order chi connectivity index (χ0) is 18.1. The lowest BCUT2D eigenvalue weighted by Gasteiger charge is -2.21. The second-order valence-electron chi connectivity index (χ2n) is 6.53. The minimum atomic E-state index is -0.106. The number of carbonyl (C=O) groups excluding carboxylic acids is 1. The molecule has 0 bridgehead atoms. The predicted octanol–water partition coefficient (Wildman–Crippen LogP) is 4.03. The van der Waals surface area contributed by atoms with Gasteiger partial charge in [0.15, 0.2) is 0 Å². The quantitative estimate of drug-likeness (QED) is 0.721. The van der Waals surface area contributed by atoms with Crippen molar-refractivity contribution in [3.63, 3.8) is 0 Å². The summed E-state index contributed by atoms with van der Waals surface area (Å²) in [6, 6.07) is 14.2. The Morgan fingerprint density at radius 3 is 2.54 bits per heavy atom. The van der Waals surface area contributed by atoms with Gasteiger partial charge >= 0.3 is 0 Å². The molecule has 1 atom stereocenters. The Hall–Kier alpha value is -3.08. The van der Waals surface area contributed by atoms with Gasteiger partial charge in [0.25, 0.3) is 0 Å². The van der Waals surface area contributed by atoms with Crippen LogP contribution < -0.4 is 0 Å². The molecule has 3 aromatic rings. The third-order valence-corrected chi connectivity index (χ3v) is 4.73. The van der Waals surface area contributed by atoms with Gasteiger partial charge in [-0.15, -0.1) is 0 Å². The fraction of sp³-hybridized carbons (Fsp3) is 0.238. The highest BCUT2D eigenvalue weighted by Gasteiger charge is 2.32. The van der Waals surface area contributed by atoms with E-state index >= 15 is 0 Å². The summed E-state index contributed by atoms with van der Waals surface area (Å²) in [6.45, 7) is 3.93. The average Bonchev–Trinajstić information content (AvgIpc) is 3.13. The van der Waals surface area contributed by atoms with E-state index in [0.29, 0.717) is 12.8 Å². The largest absolute Gasteiger partial charge is 0.273 e. The number of amides is 1. The lowest BCUT2D eigenvalue weighted by atomic mass is 9.97. The summed E-state index contributed by atoms with van der Waals surface area (Å²) >= 11 is 0. The van der Waals surface area contributed by atoms with Crippen LogP contribution in [0.1, 0.15) is 42.5 Å². The summed E-state index contributed by atoms with van der Waals surface area (Å²) in [6.07, 6.45) is 4.49. The Labute approximate surface area is 152 Å². The van der Waals surface area contributed by atoms with Crippen LogP contribution in [0.5, 0.6) is 0 Å². The molecule has 2 aromatic carbocycles. The van der Waals surface area contributed by atoms with E-state index in [1.54, 1.807) is 17.4 Å². The third kappa shape index (κ3) is 2.96. The number of nitrogens with zero attached hydrogens (tertiary/aromatic N) is 4. The molecule has 1 aromatic heterocycles. The van der Waals surface area contributed by atoms with Crippen LogP contribution in [-0.2, 0) is 4.79 Å². The maximum atomic E-state index is 12.5. The van der Waals surface area contributed by atoms with Gasteiger partial charge in [0.05, 0.1) is 22.8 Å². The summed E-state index contributed by atoms with van der Waals surface area (Å²) in [5.74, 6) is 0.0244. The Balaban J connectivity index is 1.72. The highest BCUT2D eigenvalue weighted by Crippen LogP contribution is 2.34. The van der Waals surface area contributed by atoms with E-state index in [-0.39, 0.29) is 11.9 Å². The predicted molar refractivity (Wildman–Crippen MR) is 102 cm³/mol. The molecule has 26 heavy (non-hydrogen) atoms. The Kier molecular flexibility index (Phi) is 4.21. The van der Waals surface area contributed by atoms with Crippen molar-refractivity contribution in [2.75, 3.05) is 0 Å². The molecule has 0 saturated carbocycles. The number of aromatic nitrogens is 2. The van der Waals surface area contributed by atoms with Crippen molar-refractivity contribution in [3.8, 4) is 0 Å². The first-order valence-corrected chi connectivity index (χ1v) is 8.83. The van der Waals surface area contributed by atoms with Crippen molar-refractivity contribution >= 4 is 22.7 Å². The molecule has 1 aliphatic rings. The van der Waals surface area contributed by atoms with Crippen LogP contribution in [0.2, 0.25) is 0 Å². The van der Waals surface area contributed by atoms with E-state index in [2.05, 4.69) is 46.3 Å². The molecular weight excluding hydrogens is 324 g/mol. The molecule has 0 aliphatic carbocycles. The zero-order valence-electron chi connectivity index (χ0n) is 14.9. The fourth-order valence-corrected chi connectivity index (χ4v) is 3.27. The summed E-state index contributed by atoms with van der Waals surface area (Å²) in [5.41, 5.74) is 5.92. The van der Waals surface area contributed by atoms with Crippen molar-refractivity contribution in [2.24, 2.45) is 5.10 Å². The molecule has 0 fully saturated rings. The van der Waals surface area contributed by atoms with Gasteiger partial charge in [0.1, 0.15) is 0 Å². The molecule has 5 heteroatoms. The topological polar surface area (TPSA) is 58.5 Å². The summed E-state index contributed by atoms with van der Waals surface area (Å²) in [5, 5.41) is 6.29. The number of carbonyl (C=O) groups is 1. The van der Waals surface area contributed by atoms with Gasteiger partial charge in [-0.1, -0.05) is 42.8 Å². The van der Waals surface area contributed by atoms with E-state index in [1.165, 1.54) is 5.56 Å². The van der Waals surface area contributed by atoms with Crippen LogP contribution in [-0.4, -0.2) is 26.6 Å². The number of fused-ring (bicyclic) bond motifs is 1. The fourth-order valence-electron chi connectivity index (χ4n) is 3.27. The van der Waals surface area contributed by atoms with Gasteiger partial charge in [-0.25, -0.2) is 5.01 Å². The maximum Gasteiger partial charge on any atom is 0.242 e. The Morgan fingerprint density at radius 1 is 1.08 bits per heavy atom. The molecule has 5 nitrogen and oxygen atoms in total. The molecule has 0 saturated heterocycles. The lowest BCUT2D eigenvalue weighted by Crippen LogP contribution is -2.26. The summed E-state index contributed by atoms with van der Waals surface area (Å²) in [7, 11) is 0. The van der Waals surface area contributed by atoms with E-state index < -0.39 is 0 Å². The van der Waals surface area contributed by atoms with Gasteiger partial charge < -0.3 is 0 Å². The van der Waals surface area contributed by atoms with Crippen molar-refractivity contribution in [1.29, 1.82) is 0 Å². The number of hydrazone groups is 1. The molecule has 1 amide bonds. The second-order valence-corrected chi connectivity index (χ2v) is 6.53. The van der Waals surface area contributed by atoms with Crippen molar-refractivity contribution in [3.05, 3.63) is 71.5 Å². The third-order valence-electron chi connectivity index (χ3n) is 4.73. The SMILES string of the molecule is CCC(=O)N1N=C(c2ccc(C)cc2)C[C@H]1c1ccc2nccnc2c1. The minimum absolute atomic E-state index is 0.0244. The number of aryl methyl sites for hydroxylation is 1. The Bertz CT molecular complexity index is 994. The van der Waals surface area contributed by atoms with Crippen LogP contribution in [0.4, 0.5) is 0 Å². The highest BCUT2D eigenvalue weighted by molar-refractivity contribution is 6.03. The minimum Gasteiger partial charge on any atom is -0.273 e. The molecule has 0 N–H and O–H groups in total. The zero-order valence-corrected chi connectivity index (χ0v) is 14.9. The molecule has 1 aliphatic heterocycles. The van der Waals surface area contributed by atoms with Crippen LogP contribution in [0.15, 0.2) is 60.0 Å². The van der Waals surface area contributed by atoms with Crippen molar-refractivity contribution < 1.29 is 4.79 Å². The number of rotatable bonds is 3. The van der Waals surface area contributed by atoms with Crippen LogP contribution in [0, 0.1) is 6.92 Å². The first-order valence-electron chi connectivity index (χ1n) is 8.83. The van der Waals surface area contributed by atoms with E-state index in [0.717, 1.165) is 27.9 Å². The van der Waals surface area contributed by atoms with Crippen molar-refractivity contribution in [1.82, 2.24) is 15.0 Å². The number of hydrogen-bond acceptors (Lipinski definition) is 4. The van der Waals surface area contributed by atoms with Gasteiger partial charge in [0, 0.05) is 25.2 Å². The van der Waals surface area contributed by atoms with Crippen LogP contribution in [0.3, 0.4) is 0 Å². The molecule has 4 rings (SSSR count). The maximum absolute atomic E-state index is 12.5. The van der Waals surface area contributed by atoms with Crippen molar-refractivity contribution in [2.45, 2.75) is 32.7 Å². The molecule has 0 unspecified atom stereocenters. The molecule has 2 heterocycles. The molecule has 0 radical (unpaired) electrons. The number of hydrogen-bond donors (Lipinski definition) is 0. The standard InChI is InChI=1S/C21H20N4O/c1-3-21(26)25-20(13-18(24-25)15-6-4-14(2)5-7-15)16-8-9-17-19(12-16)23-11-10-22-17/h4-12,20H,3,13H2,1-2H3/t20-/m0/s1. The Morgan fingerprint density at radius 2 is 1.81 bits per heavy atom. The average molecular weight is 344 g/mol. The summed E-state index contributed by atoms with van der Waals surface area (Å²) < 4.78 is 0. The van der Waals surface area contributed by atoms with Gasteiger partial charge in [0.2, 0.25) is 5.91 Å². The normalized spacial score (nSPS) is 16.8. The second kappa shape index (κ2) is 6.67. The van der Waals surface area contributed by atoms with Gasteiger partial charge in [-0.05, 0) is 30.2 Å². The summed E-state index contributed by atoms with van der Waals surface area (Å²) in [4.78, 5) is 21.2.